The van der Waals surface area contributed by atoms with Crippen molar-refractivity contribution in [3.63, 3.8) is 0 Å². The minimum absolute atomic E-state index is 0.250. The average molecular weight is 356 g/mol. The number of amides is 2. The lowest BCUT2D eigenvalue weighted by Crippen LogP contribution is -2.40. The van der Waals surface area contributed by atoms with Crippen molar-refractivity contribution < 1.29 is 9.59 Å². The Hall–Kier alpha value is -3.14. The van der Waals surface area contributed by atoms with Gasteiger partial charge in [0.25, 0.3) is 11.8 Å². The van der Waals surface area contributed by atoms with E-state index in [0.29, 0.717) is 16.8 Å². The van der Waals surface area contributed by atoms with Crippen molar-refractivity contribution >= 4 is 34.0 Å². The Morgan fingerprint density at radius 3 is 2.11 bits per heavy atom. The van der Waals surface area contributed by atoms with E-state index in [9.17, 15) is 9.59 Å². The van der Waals surface area contributed by atoms with Gasteiger partial charge in [0.1, 0.15) is 0 Å². The summed E-state index contributed by atoms with van der Waals surface area (Å²) in [6.45, 7) is 2.05. The van der Waals surface area contributed by atoms with Gasteiger partial charge in [-0.1, -0.05) is 30.3 Å². The molecule has 4 heteroatoms. The summed E-state index contributed by atoms with van der Waals surface area (Å²) in [4.78, 5) is 30.1. The van der Waals surface area contributed by atoms with Gasteiger partial charge in [0.2, 0.25) is 0 Å². The predicted molar refractivity (Wildman–Crippen MR) is 108 cm³/mol. The highest BCUT2D eigenvalue weighted by Gasteiger charge is 2.34. The van der Waals surface area contributed by atoms with E-state index in [4.69, 9.17) is 0 Å². The van der Waals surface area contributed by atoms with Crippen molar-refractivity contribution in [2.24, 2.45) is 0 Å². The normalized spacial score (nSPS) is 16.9. The molecule has 2 amide bonds. The fraction of sp³-hybridized carbons (Fsp3) is 0.217. The van der Waals surface area contributed by atoms with Crippen molar-refractivity contribution in [3.8, 4) is 0 Å². The number of benzene rings is 3. The molecule has 0 aromatic heterocycles. The van der Waals surface area contributed by atoms with Gasteiger partial charge >= 0.3 is 0 Å². The van der Waals surface area contributed by atoms with Crippen LogP contribution in [0.5, 0.6) is 0 Å². The van der Waals surface area contributed by atoms with Crippen LogP contribution in [-0.4, -0.2) is 24.9 Å². The van der Waals surface area contributed by atoms with Gasteiger partial charge in [0.15, 0.2) is 0 Å². The number of anilines is 2. The second kappa shape index (κ2) is 6.23. The smallest absolute Gasteiger partial charge is 0.265 e. The standard InChI is InChI=1S/C23H20N2O2/c26-22-18-11-7-10-17-20(24-14-5-2-6-15-24)13-12-19(21(17)18)23(27)25(22)16-8-3-1-4-9-16/h1,3-4,7-13H,2,5-6,14-15H2. The van der Waals surface area contributed by atoms with Gasteiger partial charge in [-0.15, -0.1) is 0 Å². The van der Waals surface area contributed by atoms with Crippen LogP contribution >= 0.6 is 0 Å². The lowest BCUT2D eigenvalue weighted by atomic mass is 9.92. The van der Waals surface area contributed by atoms with Crippen molar-refractivity contribution in [3.05, 3.63) is 71.8 Å². The second-order valence-electron chi connectivity index (χ2n) is 7.19. The maximum atomic E-state index is 13.2. The van der Waals surface area contributed by atoms with E-state index in [1.807, 2.05) is 48.5 Å². The molecule has 0 N–H and O–H groups in total. The number of para-hydroxylation sites is 1. The Kier molecular flexibility index (Phi) is 3.71. The lowest BCUT2D eigenvalue weighted by Gasteiger charge is -2.32. The topological polar surface area (TPSA) is 40.6 Å². The lowest BCUT2D eigenvalue weighted by molar-refractivity contribution is 0.0893. The molecule has 0 atom stereocenters. The summed E-state index contributed by atoms with van der Waals surface area (Å²) < 4.78 is 0. The number of hydrogen-bond acceptors (Lipinski definition) is 3. The maximum Gasteiger partial charge on any atom is 0.265 e. The highest BCUT2D eigenvalue weighted by Crippen LogP contribution is 2.38. The van der Waals surface area contributed by atoms with Crippen LogP contribution in [0.3, 0.4) is 0 Å². The Balaban J connectivity index is 1.70. The van der Waals surface area contributed by atoms with Crippen molar-refractivity contribution in [1.29, 1.82) is 0 Å². The molecule has 3 aromatic rings. The summed E-state index contributed by atoms with van der Waals surface area (Å²) in [6, 6.07) is 18.9. The number of carbonyl (C=O) groups is 2. The van der Waals surface area contributed by atoms with Crippen LogP contribution in [0.4, 0.5) is 11.4 Å². The van der Waals surface area contributed by atoms with Crippen molar-refractivity contribution in [2.75, 3.05) is 22.9 Å². The van der Waals surface area contributed by atoms with Gasteiger partial charge in [-0.05, 0) is 49.6 Å². The first-order valence-corrected chi connectivity index (χ1v) is 9.50. The van der Waals surface area contributed by atoms with Crippen LogP contribution in [0.25, 0.3) is 10.8 Å². The van der Waals surface area contributed by atoms with E-state index >= 15 is 0 Å². The first-order valence-electron chi connectivity index (χ1n) is 9.50. The Morgan fingerprint density at radius 1 is 0.667 bits per heavy atom. The van der Waals surface area contributed by atoms with E-state index < -0.39 is 0 Å². The largest absolute Gasteiger partial charge is 0.371 e. The van der Waals surface area contributed by atoms with E-state index in [1.54, 1.807) is 12.1 Å². The molecule has 2 aliphatic heterocycles. The molecule has 1 fully saturated rings. The van der Waals surface area contributed by atoms with Gasteiger partial charge < -0.3 is 4.90 Å². The van der Waals surface area contributed by atoms with Gasteiger partial charge in [-0.3, -0.25) is 9.59 Å². The molecule has 4 nitrogen and oxygen atoms in total. The first-order chi connectivity index (χ1) is 13.3. The van der Waals surface area contributed by atoms with Gasteiger partial charge in [0, 0.05) is 40.7 Å². The number of piperidine rings is 1. The zero-order chi connectivity index (χ0) is 18.4. The number of hydrogen-bond donors (Lipinski definition) is 0. The molecule has 0 aliphatic carbocycles. The van der Waals surface area contributed by atoms with Crippen LogP contribution in [0, 0.1) is 0 Å². The first kappa shape index (κ1) is 16.1. The zero-order valence-corrected chi connectivity index (χ0v) is 15.0. The molecule has 0 spiro atoms. The summed E-state index contributed by atoms with van der Waals surface area (Å²) in [7, 11) is 0. The number of rotatable bonds is 2. The average Bonchev–Trinajstić information content (AvgIpc) is 2.73. The minimum Gasteiger partial charge on any atom is -0.371 e. The molecular formula is C23H20N2O2. The third-order valence-electron chi connectivity index (χ3n) is 5.60. The van der Waals surface area contributed by atoms with Crippen LogP contribution in [0.15, 0.2) is 60.7 Å². The molecular weight excluding hydrogens is 336 g/mol. The third-order valence-corrected chi connectivity index (χ3v) is 5.60. The molecule has 5 rings (SSSR count). The fourth-order valence-corrected chi connectivity index (χ4v) is 4.30. The van der Waals surface area contributed by atoms with E-state index in [2.05, 4.69) is 4.90 Å². The second-order valence-corrected chi connectivity index (χ2v) is 7.19. The molecule has 1 saturated heterocycles. The highest BCUT2D eigenvalue weighted by atomic mass is 16.2. The van der Waals surface area contributed by atoms with Gasteiger partial charge in [0.05, 0.1) is 5.69 Å². The Labute approximate surface area is 158 Å². The molecule has 0 radical (unpaired) electrons. The maximum absolute atomic E-state index is 13.2. The molecule has 2 aliphatic rings. The highest BCUT2D eigenvalue weighted by molar-refractivity contribution is 6.36. The van der Waals surface area contributed by atoms with Crippen LogP contribution in [0.2, 0.25) is 0 Å². The summed E-state index contributed by atoms with van der Waals surface area (Å²) in [5, 5.41) is 1.80. The molecule has 0 saturated carbocycles. The predicted octanol–water partition coefficient (Wildman–Crippen LogP) is 4.63. The molecule has 0 unspecified atom stereocenters. The monoisotopic (exact) mass is 356 g/mol. The van der Waals surface area contributed by atoms with Crippen LogP contribution < -0.4 is 9.80 Å². The minimum atomic E-state index is -0.250. The molecule has 3 aromatic carbocycles. The number of imide groups is 1. The van der Waals surface area contributed by atoms with E-state index in [0.717, 1.165) is 29.5 Å². The SMILES string of the molecule is O=C1c2cccc3c(N4CCCCC4)ccc(c23)C(=O)N1c1ccccc1. The van der Waals surface area contributed by atoms with Crippen molar-refractivity contribution in [2.45, 2.75) is 19.3 Å². The molecule has 0 bridgehead atoms. The molecule has 134 valence electrons. The van der Waals surface area contributed by atoms with Gasteiger partial charge in [-0.2, -0.15) is 0 Å². The molecule has 2 heterocycles. The summed E-state index contributed by atoms with van der Waals surface area (Å²) in [5.41, 5.74) is 2.94. The van der Waals surface area contributed by atoms with Crippen LogP contribution in [0.1, 0.15) is 40.0 Å². The number of carbonyl (C=O) groups excluding carboxylic acids is 2. The van der Waals surface area contributed by atoms with Gasteiger partial charge in [-0.25, -0.2) is 4.90 Å². The molecule has 27 heavy (non-hydrogen) atoms. The van der Waals surface area contributed by atoms with E-state index in [-0.39, 0.29) is 11.8 Å². The fourth-order valence-electron chi connectivity index (χ4n) is 4.30. The van der Waals surface area contributed by atoms with Crippen LogP contribution in [-0.2, 0) is 0 Å². The summed E-state index contributed by atoms with van der Waals surface area (Å²) in [5.74, 6) is -0.500. The Morgan fingerprint density at radius 2 is 1.37 bits per heavy atom. The summed E-state index contributed by atoms with van der Waals surface area (Å²) >= 11 is 0. The third kappa shape index (κ3) is 2.44. The Bertz CT molecular complexity index is 1030. The van der Waals surface area contributed by atoms with E-state index in [1.165, 1.54) is 24.2 Å². The zero-order valence-electron chi connectivity index (χ0n) is 15.0. The number of nitrogens with zero attached hydrogens (tertiary/aromatic N) is 2. The summed E-state index contributed by atoms with van der Waals surface area (Å²) in [6.07, 6.45) is 3.63. The quantitative estimate of drug-likeness (QED) is 0.629. The van der Waals surface area contributed by atoms with Crippen molar-refractivity contribution in [1.82, 2.24) is 0 Å².